The molecule has 4 aromatic rings. The molecule has 0 radical (unpaired) electrons. The number of benzene rings is 2. The van der Waals surface area contributed by atoms with Crippen molar-refractivity contribution >= 4 is 22.7 Å². The number of nitrogens with zero attached hydrogens (tertiary/aromatic N) is 3. The first-order valence-electron chi connectivity index (χ1n) is 14.6. The van der Waals surface area contributed by atoms with Gasteiger partial charge >= 0.3 is 12.4 Å². The molecule has 46 heavy (non-hydrogen) atoms. The minimum Gasteiger partial charge on any atom is -0.384 e. The van der Waals surface area contributed by atoms with Crippen molar-refractivity contribution in [1.82, 2.24) is 20.2 Å². The normalized spacial score (nSPS) is 17.7. The Kier molecular flexibility index (Phi) is 9.54. The molecule has 1 aliphatic heterocycles. The summed E-state index contributed by atoms with van der Waals surface area (Å²) in [7, 11) is 0. The van der Waals surface area contributed by atoms with E-state index in [1.807, 2.05) is 0 Å². The van der Waals surface area contributed by atoms with Crippen molar-refractivity contribution in [3.05, 3.63) is 80.8 Å². The van der Waals surface area contributed by atoms with Gasteiger partial charge in [0.2, 0.25) is 0 Å². The van der Waals surface area contributed by atoms with Crippen LogP contribution in [-0.4, -0.2) is 57.4 Å². The average molecular weight is 685 g/mol. The molecule has 15 heteroatoms. The largest absolute Gasteiger partial charge is 0.416 e. The maximum atomic E-state index is 13.2. The maximum Gasteiger partial charge on any atom is 0.416 e. The van der Waals surface area contributed by atoms with Crippen molar-refractivity contribution in [2.45, 2.75) is 56.5 Å². The van der Waals surface area contributed by atoms with Gasteiger partial charge in [0, 0.05) is 43.3 Å². The summed E-state index contributed by atoms with van der Waals surface area (Å²) in [4.78, 5) is 12.1. The van der Waals surface area contributed by atoms with E-state index in [1.54, 1.807) is 0 Å². The van der Waals surface area contributed by atoms with E-state index in [0.717, 1.165) is 59.8 Å². The van der Waals surface area contributed by atoms with Crippen LogP contribution in [0.3, 0.4) is 0 Å². The van der Waals surface area contributed by atoms with Crippen LogP contribution in [0.1, 0.15) is 57.3 Å². The second kappa shape index (κ2) is 13.3. The number of nitrogens with one attached hydrogen (secondary N) is 1. The topological polar surface area (TPSA) is 90.7 Å². The lowest BCUT2D eigenvalue weighted by molar-refractivity contribution is -0.138. The number of hydrogen-bond acceptors (Lipinski definition) is 9. The Morgan fingerprint density at radius 2 is 1.22 bits per heavy atom. The number of rotatable bonds is 10. The van der Waals surface area contributed by atoms with Crippen LogP contribution in [0, 0.1) is 0 Å². The monoisotopic (exact) mass is 684 g/mol. The SMILES string of the molecule is OC(c1sc(-c2ccc(C(F)(F)F)cc2)nc1CNC1CC1)C(O)c1sc(-c2ccc(C(F)(F)F)cc2)nc1CN1CCOCC1. The second-order valence-corrected chi connectivity index (χ2v) is 13.3. The van der Waals surface area contributed by atoms with Crippen molar-refractivity contribution in [2.75, 3.05) is 26.3 Å². The molecule has 6 rings (SSSR count). The Balaban J connectivity index is 1.33. The molecule has 0 amide bonds. The first-order chi connectivity index (χ1) is 21.9. The molecule has 0 spiro atoms. The van der Waals surface area contributed by atoms with Gasteiger partial charge in [0.25, 0.3) is 0 Å². The maximum absolute atomic E-state index is 13.2. The third-order valence-corrected chi connectivity index (χ3v) is 10.3. The Morgan fingerprint density at radius 1 is 0.761 bits per heavy atom. The fourth-order valence-electron chi connectivity index (χ4n) is 5.07. The van der Waals surface area contributed by atoms with Gasteiger partial charge in [-0.2, -0.15) is 26.3 Å². The molecule has 1 saturated heterocycles. The standard InChI is InChI=1S/C31H30F6N4O3S2/c32-30(33,34)19-5-1-17(2-6-19)28-39-22(15-38-21-9-10-21)26(45-28)24(42)25(43)27-23(16-41-11-13-44-14-12-41)40-29(46-27)18-3-7-20(8-4-18)31(35,36)37/h1-8,21,24-25,38,42-43H,9-16H2. The predicted molar refractivity (Wildman–Crippen MR) is 161 cm³/mol. The highest BCUT2D eigenvalue weighted by molar-refractivity contribution is 7.15. The van der Waals surface area contributed by atoms with Gasteiger partial charge in [-0.3, -0.25) is 4.90 Å². The van der Waals surface area contributed by atoms with Crippen molar-refractivity contribution in [3.8, 4) is 21.1 Å². The molecule has 1 aliphatic carbocycles. The zero-order valence-electron chi connectivity index (χ0n) is 24.2. The first-order valence-corrected chi connectivity index (χ1v) is 16.2. The van der Waals surface area contributed by atoms with Crippen LogP contribution in [0.2, 0.25) is 0 Å². The molecule has 7 nitrogen and oxygen atoms in total. The van der Waals surface area contributed by atoms with Gasteiger partial charge in [-0.15, -0.1) is 22.7 Å². The molecule has 246 valence electrons. The van der Waals surface area contributed by atoms with Crippen LogP contribution in [0.25, 0.3) is 21.1 Å². The Labute approximate surface area is 268 Å². The van der Waals surface area contributed by atoms with Crippen molar-refractivity contribution < 1.29 is 41.3 Å². The highest BCUT2D eigenvalue weighted by Crippen LogP contribution is 2.43. The van der Waals surface area contributed by atoms with E-state index < -0.39 is 35.7 Å². The van der Waals surface area contributed by atoms with Gasteiger partial charge in [-0.1, -0.05) is 24.3 Å². The van der Waals surface area contributed by atoms with Crippen LogP contribution in [-0.2, 0) is 30.2 Å². The highest BCUT2D eigenvalue weighted by atomic mass is 32.1. The van der Waals surface area contributed by atoms with Crippen molar-refractivity contribution in [2.24, 2.45) is 0 Å². The molecule has 3 N–H and O–H groups in total. The summed E-state index contributed by atoms with van der Waals surface area (Å²) in [5, 5.41) is 27.4. The zero-order chi connectivity index (χ0) is 32.6. The van der Waals surface area contributed by atoms with Gasteiger partial charge in [0.1, 0.15) is 22.2 Å². The van der Waals surface area contributed by atoms with E-state index in [2.05, 4.69) is 15.2 Å². The summed E-state index contributed by atoms with van der Waals surface area (Å²) in [5.41, 5.74) is 0.248. The lowest BCUT2D eigenvalue weighted by Crippen LogP contribution is -2.36. The number of alkyl halides is 6. The van der Waals surface area contributed by atoms with Gasteiger partial charge in [0.15, 0.2) is 0 Å². The Bertz CT molecular complexity index is 1630. The first kappa shape index (κ1) is 33.0. The smallest absolute Gasteiger partial charge is 0.384 e. The summed E-state index contributed by atoms with van der Waals surface area (Å²) in [5.74, 6) is 0. The molecule has 2 aromatic carbocycles. The number of hydrogen-bond donors (Lipinski definition) is 3. The molecule has 2 unspecified atom stereocenters. The predicted octanol–water partition coefficient (Wildman–Crippen LogP) is 6.82. The quantitative estimate of drug-likeness (QED) is 0.158. The molecule has 0 bridgehead atoms. The summed E-state index contributed by atoms with van der Waals surface area (Å²) >= 11 is 2.17. The van der Waals surface area contributed by atoms with E-state index in [1.165, 1.54) is 24.3 Å². The fourth-order valence-corrected chi connectivity index (χ4v) is 7.27. The van der Waals surface area contributed by atoms with Crippen LogP contribution in [0.15, 0.2) is 48.5 Å². The van der Waals surface area contributed by atoms with Crippen molar-refractivity contribution in [3.63, 3.8) is 0 Å². The highest BCUT2D eigenvalue weighted by Gasteiger charge is 2.34. The van der Waals surface area contributed by atoms with E-state index in [4.69, 9.17) is 9.72 Å². The van der Waals surface area contributed by atoms with Crippen LogP contribution in [0.4, 0.5) is 26.3 Å². The molecule has 3 heterocycles. The molecule has 2 aliphatic rings. The molecule has 2 atom stereocenters. The minimum absolute atomic E-state index is 0.293. The lowest BCUT2D eigenvalue weighted by atomic mass is 10.1. The summed E-state index contributed by atoms with van der Waals surface area (Å²) in [6.07, 6.45) is -9.91. The molecular formula is C31H30F6N4O3S2. The minimum atomic E-state index is -4.49. The number of halogens is 6. The molecule has 2 aromatic heterocycles. The zero-order valence-corrected chi connectivity index (χ0v) is 25.9. The molecular weight excluding hydrogens is 654 g/mol. The summed E-state index contributed by atoms with van der Waals surface area (Å²) < 4.78 is 84.4. The number of morpholine rings is 1. The number of thiazole rings is 2. The number of aromatic nitrogens is 2. The van der Waals surface area contributed by atoms with E-state index in [9.17, 15) is 36.6 Å². The number of aliphatic hydroxyl groups excluding tert-OH is 2. The Morgan fingerprint density at radius 3 is 1.67 bits per heavy atom. The van der Waals surface area contributed by atoms with Gasteiger partial charge < -0.3 is 20.3 Å². The summed E-state index contributed by atoms with van der Waals surface area (Å²) in [6, 6.07) is 9.51. The fraction of sp³-hybridized carbons (Fsp3) is 0.419. The van der Waals surface area contributed by atoms with E-state index in [-0.39, 0.29) is 0 Å². The van der Waals surface area contributed by atoms with Crippen LogP contribution >= 0.6 is 22.7 Å². The number of aliphatic hydroxyl groups is 2. The molecule has 2 fully saturated rings. The Hall–Kier alpha value is -2.92. The number of ether oxygens (including phenoxy) is 1. The molecule has 1 saturated carbocycles. The average Bonchev–Trinajstić information content (AvgIpc) is 3.62. The van der Waals surface area contributed by atoms with Gasteiger partial charge in [-0.05, 0) is 37.1 Å². The summed E-state index contributed by atoms with van der Waals surface area (Å²) in [6.45, 7) is 2.89. The van der Waals surface area contributed by atoms with E-state index >= 15 is 0 Å². The van der Waals surface area contributed by atoms with Gasteiger partial charge in [0.05, 0.1) is 45.5 Å². The van der Waals surface area contributed by atoms with Crippen LogP contribution in [0.5, 0.6) is 0 Å². The third kappa shape index (κ3) is 7.62. The van der Waals surface area contributed by atoms with Crippen LogP contribution < -0.4 is 5.32 Å². The van der Waals surface area contributed by atoms with Gasteiger partial charge in [-0.25, -0.2) is 9.97 Å². The lowest BCUT2D eigenvalue weighted by Gasteiger charge is -2.26. The van der Waals surface area contributed by atoms with E-state index in [0.29, 0.717) is 87.7 Å². The second-order valence-electron chi connectivity index (χ2n) is 11.2. The third-order valence-electron chi connectivity index (χ3n) is 7.82. The van der Waals surface area contributed by atoms with Crippen molar-refractivity contribution in [1.29, 1.82) is 0 Å².